The van der Waals surface area contributed by atoms with Gasteiger partial charge in [-0.3, -0.25) is 4.79 Å². The van der Waals surface area contributed by atoms with E-state index in [-0.39, 0.29) is 5.43 Å². The second kappa shape index (κ2) is 5.58. The van der Waals surface area contributed by atoms with Gasteiger partial charge in [-0.25, -0.2) is 0 Å². The van der Waals surface area contributed by atoms with E-state index >= 15 is 0 Å². The molecule has 2 nitrogen and oxygen atoms in total. The molecular weight excluding hydrogens is 284 g/mol. The zero-order chi connectivity index (χ0) is 15.6. The largest absolute Gasteiger partial charge is 0.456 e. The van der Waals surface area contributed by atoms with Crippen LogP contribution in [0.3, 0.4) is 0 Å². The van der Waals surface area contributed by atoms with Crippen LogP contribution in [0.5, 0.6) is 0 Å². The van der Waals surface area contributed by atoms with E-state index in [1.54, 1.807) is 0 Å². The summed E-state index contributed by atoms with van der Waals surface area (Å²) in [5.41, 5.74) is 1.68. The minimum atomic E-state index is -0.0234. The van der Waals surface area contributed by atoms with Crippen LogP contribution < -0.4 is 5.43 Å². The topological polar surface area (TPSA) is 30.2 Å². The number of fused-ring (bicyclic) bond motifs is 3. The van der Waals surface area contributed by atoms with E-state index < -0.39 is 0 Å². The summed E-state index contributed by atoms with van der Waals surface area (Å²) in [7, 11) is 0. The molecule has 1 aromatic heterocycles. The molecule has 0 saturated heterocycles. The zero-order valence-electron chi connectivity index (χ0n) is 12.4. The SMILES string of the molecule is O=c1cc(C=Cc2ccccc2)oc2c1ccc1ccccc12. The van der Waals surface area contributed by atoms with Crippen LogP contribution in [-0.2, 0) is 0 Å². The zero-order valence-corrected chi connectivity index (χ0v) is 12.4. The lowest BCUT2D eigenvalue weighted by Crippen LogP contribution is -2.00. The van der Waals surface area contributed by atoms with Crippen LogP contribution in [-0.4, -0.2) is 0 Å². The number of benzene rings is 3. The molecule has 0 fully saturated rings. The maximum absolute atomic E-state index is 12.4. The molecule has 3 aromatic carbocycles. The fourth-order valence-corrected chi connectivity index (χ4v) is 2.73. The van der Waals surface area contributed by atoms with Gasteiger partial charge in [-0.2, -0.15) is 0 Å². The minimum absolute atomic E-state index is 0.0234. The summed E-state index contributed by atoms with van der Waals surface area (Å²) in [4.78, 5) is 12.4. The number of rotatable bonds is 2. The van der Waals surface area contributed by atoms with Gasteiger partial charge in [-0.05, 0) is 23.1 Å². The molecule has 0 aliphatic carbocycles. The maximum Gasteiger partial charge on any atom is 0.193 e. The van der Waals surface area contributed by atoms with Gasteiger partial charge in [0.2, 0.25) is 0 Å². The molecule has 0 saturated carbocycles. The molecule has 0 N–H and O–H groups in total. The summed E-state index contributed by atoms with van der Waals surface area (Å²) in [6.45, 7) is 0. The Bertz CT molecular complexity index is 1070. The average Bonchev–Trinajstić information content (AvgIpc) is 2.61. The van der Waals surface area contributed by atoms with Gasteiger partial charge in [0.15, 0.2) is 5.43 Å². The molecule has 0 atom stereocenters. The molecule has 0 spiro atoms. The van der Waals surface area contributed by atoms with Crippen molar-refractivity contribution in [1.82, 2.24) is 0 Å². The van der Waals surface area contributed by atoms with Crippen molar-refractivity contribution in [3.05, 3.63) is 94.3 Å². The van der Waals surface area contributed by atoms with Crippen molar-refractivity contribution in [3.63, 3.8) is 0 Å². The van der Waals surface area contributed by atoms with Crippen molar-refractivity contribution >= 4 is 33.9 Å². The highest BCUT2D eigenvalue weighted by Crippen LogP contribution is 2.24. The third-order valence-corrected chi connectivity index (χ3v) is 3.88. The molecule has 2 heteroatoms. The Balaban J connectivity index is 1.90. The van der Waals surface area contributed by atoms with Gasteiger partial charge in [0.25, 0.3) is 0 Å². The lowest BCUT2D eigenvalue weighted by atomic mass is 10.1. The van der Waals surface area contributed by atoms with E-state index in [2.05, 4.69) is 0 Å². The summed E-state index contributed by atoms with van der Waals surface area (Å²) in [5.74, 6) is 0.558. The predicted molar refractivity (Wildman–Crippen MR) is 95.4 cm³/mol. The Kier molecular flexibility index (Phi) is 3.28. The summed E-state index contributed by atoms with van der Waals surface area (Å²) in [6, 6.07) is 23.2. The van der Waals surface area contributed by atoms with Crippen LogP contribution in [0.4, 0.5) is 0 Å². The Labute approximate surface area is 133 Å². The molecular formula is C21H14O2. The van der Waals surface area contributed by atoms with E-state index in [1.807, 2.05) is 78.9 Å². The molecule has 0 radical (unpaired) electrons. The van der Waals surface area contributed by atoms with Gasteiger partial charge < -0.3 is 4.42 Å². The predicted octanol–water partition coefficient (Wildman–Crippen LogP) is 5.12. The molecule has 1 heterocycles. The fourth-order valence-electron chi connectivity index (χ4n) is 2.73. The van der Waals surface area contributed by atoms with Gasteiger partial charge in [0, 0.05) is 11.5 Å². The molecule has 4 aromatic rings. The van der Waals surface area contributed by atoms with Crippen molar-refractivity contribution in [1.29, 1.82) is 0 Å². The smallest absolute Gasteiger partial charge is 0.193 e. The molecule has 0 unspecified atom stereocenters. The average molecular weight is 298 g/mol. The lowest BCUT2D eigenvalue weighted by Gasteiger charge is -2.03. The Morgan fingerprint density at radius 1 is 0.739 bits per heavy atom. The first-order chi connectivity index (χ1) is 11.3. The van der Waals surface area contributed by atoms with E-state index in [4.69, 9.17) is 4.42 Å². The highest BCUT2D eigenvalue weighted by atomic mass is 16.3. The van der Waals surface area contributed by atoms with Crippen LogP contribution in [0.25, 0.3) is 33.9 Å². The standard InChI is InChI=1S/C21H14O2/c22-20-14-17(12-10-15-6-2-1-3-7-15)23-21-18-9-5-4-8-16(18)11-13-19(20)21/h1-14H. The molecule has 23 heavy (non-hydrogen) atoms. The molecule has 110 valence electrons. The summed E-state index contributed by atoms with van der Waals surface area (Å²) in [5, 5.41) is 2.63. The minimum Gasteiger partial charge on any atom is -0.456 e. The van der Waals surface area contributed by atoms with Crippen molar-refractivity contribution in [2.45, 2.75) is 0 Å². The van der Waals surface area contributed by atoms with Gasteiger partial charge >= 0.3 is 0 Å². The normalized spacial score (nSPS) is 11.5. The van der Waals surface area contributed by atoms with Crippen LogP contribution >= 0.6 is 0 Å². The van der Waals surface area contributed by atoms with E-state index in [1.165, 1.54) is 6.07 Å². The van der Waals surface area contributed by atoms with Crippen molar-refractivity contribution in [3.8, 4) is 0 Å². The first-order valence-corrected chi connectivity index (χ1v) is 7.50. The fraction of sp³-hybridized carbons (Fsp3) is 0. The molecule has 4 rings (SSSR count). The van der Waals surface area contributed by atoms with Crippen molar-refractivity contribution in [2.24, 2.45) is 0 Å². The van der Waals surface area contributed by atoms with Gasteiger partial charge in [0.1, 0.15) is 11.3 Å². The second-order valence-corrected chi connectivity index (χ2v) is 5.42. The Hall–Kier alpha value is -3.13. The highest BCUT2D eigenvalue weighted by Gasteiger charge is 2.07. The second-order valence-electron chi connectivity index (χ2n) is 5.42. The molecule has 0 amide bonds. The van der Waals surface area contributed by atoms with Gasteiger partial charge in [0.05, 0.1) is 5.39 Å². The molecule has 0 bridgehead atoms. The first kappa shape index (κ1) is 13.5. The molecule has 0 aliphatic rings. The summed E-state index contributed by atoms with van der Waals surface area (Å²) >= 11 is 0. The van der Waals surface area contributed by atoms with Gasteiger partial charge in [-0.15, -0.1) is 0 Å². The van der Waals surface area contributed by atoms with Crippen molar-refractivity contribution < 1.29 is 4.42 Å². The maximum atomic E-state index is 12.4. The third-order valence-electron chi connectivity index (χ3n) is 3.88. The lowest BCUT2D eigenvalue weighted by molar-refractivity contribution is 0.594. The Morgan fingerprint density at radius 3 is 2.39 bits per heavy atom. The van der Waals surface area contributed by atoms with Gasteiger partial charge in [-0.1, -0.05) is 66.7 Å². The summed E-state index contributed by atoms with van der Waals surface area (Å²) in [6.07, 6.45) is 3.77. The van der Waals surface area contributed by atoms with Crippen LogP contribution in [0.15, 0.2) is 82.0 Å². The van der Waals surface area contributed by atoms with Crippen LogP contribution in [0.2, 0.25) is 0 Å². The molecule has 0 aliphatic heterocycles. The monoisotopic (exact) mass is 298 g/mol. The van der Waals surface area contributed by atoms with Crippen LogP contribution in [0, 0.1) is 0 Å². The van der Waals surface area contributed by atoms with E-state index in [0.29, 0.717) is 16.7 Å². The quantitative estimate of drug-likeness (QED) is 0.481. The Morgan fingerprint density at radius 2 is 1.52 bits per heavy atom. The number of hydrogen-bond donors (Lipinski definition) is 0. The van der Waals surface area contributed by atoms with Crippen LogP contribution in [0.1, 0.15) is 11.3 Å². The summed E-state index contributed by atoms with van der Waals surface area (Å²) < 4.78 is 5.99. The van der Waals surface area contributed by atoms with E-state index in [0.717, 1.165) is 16.3 Å². The van der Waals surface area contributed by atoms with Crippen molar-refractivity contribution in [2.75, 3.05) is 0 Å². The third kappa shape index (κ3) is 2.55. The first-order valence-electron chi connectivity index (χ1n) is 7.50. The number of hydrogen-bond acceptors (Lipinski definition) is 2. The van der Waals surface area contributed by atoms with E-state index in [9.17, 15) is 4.79 Å². The highest BCUT2D eigenvalue weighted by molar-refractivity contribution is 6.04.